The summed E-state index contributed by atoms with van der Waals surface area (Å²) in [6.07, 6.45) is 1.84. The van der Waals surface area contributed by atoms with Crippen molar-refractivity contribution >= 4 is 48.9 Å². The zero-order chi connectivity index (χ0) is 16.5. The Balaban J connectivity index is 0. The van der Waals surface area contributed by atoms with Gasteiger partial charge in [0.05, 0.1) is 13.2 Å². The SMILES string of the molecule is COCCNCC(=O)NCc1ccc(N2CCN(C)CC2)nc1.Cl.Cl.Cl. The molecule has 0 unspecified atom stereocenters. The van der Waals surface area contributed by atoms with Crippen molar-refractivity contribution in [1.29, 1.82) is 0 Å². The minimum Gasteiger partial charge on any atom is -0.383 e. The van der Waals surface area contributed by atoms with E-state index >= 15 is 0 Å². The Morgan fingerprint density at radius 1 is 1.19 bits per heavy atom. The Morgan fingerprint density at radius 2 is 1.88 bits per heavy atom. The Hall–Kier alpha value is -0.830. The highest BCUT2D eigenvalue weighted by molar-refractivity contribution is 5.86. The molecule has 1 saturated heterocycles. The van der Waals surface area contributed by atoms with Crippen molar-refractivity contribution in [3.8, 4) is 0 Å². The molecular weight excluding hydrogens is 401 g/mol. The number of hydrogen-bond acceptors (Lipinski definition) is 6. The van der Waals surface area contributed by atoms with Gasteiger partial charge in [-0.05, 0) is 18.7 Å². The normalized spacial score (nSPS) is 13.8. The third-order valence-electron chi connectivity index (χ3n) is 3.89. The maximum absolute atomic E-state index is 11.7. The number of aromatic nitrogens is 1. The number of methoxy groups -OCH3 is 1. The predicted molar refractivity (Wildman–Crippen MR) is 112 cm³/mol. The number of carbonyl (C=O) groups is 1. The summed E-state index contributed by atoms with van der Waals surface area (Å²) in [4.78, 5) is 20.8. The molecule has 0 spiro atoms. The van der Waals surface area contributed by atoms with Gasteiger partial charge in [0.15, 0.2) is 0 Å². The van der Waals surface area contributed by atoms with E-state index in [1.165, 1.54) is 0 Å². The highest BCUT2D eigenvalue weighted by Gasteiger charge is 2.14. The van der Waals surface area contributed by atoms with Crippen LogP contribution in [0.4, 0.5) is 5.82 Å². The Kier molecular flexibility index (Phi) is 16.1. The van der Waals surface area contributed by atoms with Crippen LogP contribution in [0.2, 0.25) is 0 Å². The minimum atomic E-state index is -0.0238. The van der Waals surface area contributed by atoms with Crippen LogP contribution in [0.15, 0.2) is 18.3 Å². The summed E-state index contributed by atoms with van der Waals surface area (Å²) in [5, 5.41) is 5.89. The van der Waals surface area contributed by atoms with Gasteiger partial charge in [0.25, 0.3) is 0 Å². The summed E-state index contributed by atoms with van der Waals surface area (Å²) in [5.74, 6) is 0.985. The summed E-state index contributed by atoms with van der Waals surface area (Å²) >= 11 is 0. The number of anilines is 1. The highest BCUT2D eigenvalue weighted by atomic mass is 35.5. The fourth-order valence-electron chi connectivity index (χ4n) is 2.38. The van der Waals surface area contributed by atoms with Gasteiger partial charge >= 0.3 is 0 Å². The van der Waals surface area contributed by atoms with Crippen molar-refractivity contribution in [2.75, 3.05) is 64.9 Å². The second-order valence-electron chi connectivity index (χ2n) is 5.76. The first-order valence-corrected chi connectivity index (χ1v) is 8.04. The molecule has 0 saturated carbocycles. The number of carbonyl (C=O) groups excluding carboxylic acids is 1. The number of nitrogens with zero attached hydrogens (tertiary/aromatic N) is 3. The van der Waals surface area contributed by atoms with Crippen LogP contribution < -0.4 is 15.5 Å². The maximum atomic E-state index is 11.7. The van der Waals surface area contributed by atoms with Crippen molar-refractivity contribution in [2.24, 2.45) is 0 Å². The van der Waals surface area contributed by atoms with Crippen molar-refractivity contribution in [3.05, 3.63) is 23.9 Å². The van der Waals surface area contributed by atoms with Crippen LogP contribution in [0.3, 0.4) is 0 Å². The van der Waals surface area contributed by atoms with Gasteiger partial charge in [-0.15, -0.1) is 37.2 Å². The molecule has 1 aromatic rings. The number of amides is 1. The largest absolute Gasteiger partial charge is 0.383 e. The molecule has 0 bridgehead atoms. The summed E-state index contributed by atoms with van der Waals surface area (Å²) in [6, 6.07) is 4.06. The first-order valence-electron chi connectivity index (χ1n) is 8.04. The molecule has 0 atom stereocenters. The van der Waals surface area contributed by atoms with Gasteiger partial charge in [-0.2, -0.15) is 0 Å². The van der Waals surface area contributed by atoms with Crippen molar-refractivity contribution in [2.45, 2.75) is 6.54 Å². The molecule has 26 heavy (non-hydrogen) atoms. The molecule has 0 aliphatic carbocycles. The second-order valence-corrected chi connectivity index (χ2v) is 5.76. The van der Waals surface area contributed by atoms with E-state index in [2.05, 4.69) is 32.5 Å². The van der Waals surface area contributed by atoms with Gasteiger partial charge in [-0.3, -0.25) is 4.79 Å². The van der Waals surface area contributed by atoms with Crippen LogP contribution in [0.25, 0.3) is 0 Å². The first kappa shape index (κ1) is 27.4. The lowest BCUT2D eigenvalue weighted by molar-refractivity contribution is -0.120. The van der Waals surface area contributed by atoms with Crippen molar-refractivity contribution < 1.29 is 9.53 Å². The molecule has 10 heteroatoms. The minimum absolute atomic E-state index is 0. The smallest absolute Gasteiger partial charge is 0.234 e. The van der Waals surface area contributed by atoms with Crippen LogP contribution in [0, 0.1) is 0 Å². The fraction of sp³-hybridized carbons (Fsp3) is 0.625. The summed E-state index contributed by atoms with van der Waals surface area (Å²) < 4.78 is 4.91. The Bertz CT molecular complexity index is 485. The molecule has 0 radical (unpaired) electrons. The molecule has 0 aromatic carbocycles. The molecule has 2 rings (SSSR count). The van der Waals surface area contributed by atoms with Crippen LogP contribution in [-0.4, -0.2) is 75.8 Å². The van der Waals surface area contributed by atoms with E-state index in [9.17, 15) is 4.79 Å². The lowest BCUT2D eigenvalue weighted by Crippen LogP contribution is -2.44. The summed E-state index contributed by atoms with van der Waals surface area (Å²) in [6.45, 7) is 6.22. The van der Waals surface area contributed by atoms with E-state index < -0.39 is 0 Å². The zero-order valence-corrected chi connectivity index (χ0v) is 17.7. The zero-order valence-electron chi connectivity index (χ0n) is 15.3. The predicted octanol–water partition coefficient (Wildman–Crippen LogP) is 0.951. The average molecular weight is 431 g/mol. The van der Waals surface area contributed by atoms with Crippen LogP contribution >= 0.6 is 37.2 Å². The maximum Gasteiger partial charge on any atom is 0.234 e. The number of nitrogens with one attached hydrogen (secondary N) is 2. The van der Waals surface area contributed by atoms with Gasteiger partial charge in [-0.1, -0.05) is 6.07 Å². The van der Waals surface area contributed by atoms with Gasteiger partial charge in [-0.25, -0.2) is 4.98 Å². The molecule has 152 valence electrons. The molecule has 1 fully saturated rings. The quantitative estimate of drug-likeness (QED) is 0.599. The molecule has 1 aliphatic heterocycles. The van der Waals surface area contributed by atoms with Gasteiger partial charge in [0.2, 0.25) is 5.91 Å². The van der Waals surface area contributed by atoms with Crippen molar-refractivity contribution in [3.63, 3.8) is 0 Å². The molecule has 2 heterocycles. The van der Waals surface area contributed by atoms with E-state index in [-0.39, 0.29) is 43.1 Å². The van der Waals surface area contributed by atoms with E-state index in [0.29, 0.717) is 26.2 Å². The number of hydrogen-bond donors (Lipinski definition) is 2. The van der Waals surface area contributed by atoms with E-state index in [1.54, 1.807) is 7.11 Å². The Labute approximate surface area is 174 Å². The monoisotopic (exact) mass is 429 g/mol. The lowest BCUT2D eigenvalue weighted by Gasteiger charge is -2.33. The molecule has 2 N–H and O–H groups in total. The lowest BCUT2D eigenvalue weighted by atomic mass is 10.2. The average Bonchev–Trinajstić information content (AvgIpc) is 2.58. The molecule has 1 aromatic heterocycles. The van der Waals surface area contributed by atoms with Crippen LogP contribution in [0.1, 0.15) is 5.56 Å². The molecule has 1 amide bonds. The van der Waals surface area contributed by atoms with E-state index in [0.717, 1.165) is 37.6 Å². The third-order valence-corrected chi connectivity index (χ3v) is 3.89. The van der Waals surface area contributed by atoms with Gasteiger partial charge in [0, 0.05) is 52.6 Å². The number of likely N-dealkylation sites (N-methyl/N-ethyl adjacent to an activating group) is 1. The topological polar surface area (TPSA) is 69.7 Å². The van der Waals surface area contributed by atoms with Gasteiger partial charge < -0.3 is 25.2 Å². The summed E-state index contributed by atoms with van der Waals surface area (Å²) in [7, 11) is 3.78. The van der Waals surface area contributed by atoms with E-state index in [4.69, 9.17) is 4.74 Å². The first-order chi connectivity index (χ1) is 11.2. The standard InChI is InChI=1S/C16H27N5O2.3ClH/c1-20-6-8-21(9-7-20)15-4-3-14(11-18-15)12-19-16(22)13-17-5-10-23-2;;;/h3-4,11,17H,5-10,12-13H2,1-2H3,(H,19,22);3*1H. The van der Waals surface area contributed by atoms with Crippen LogP contribution in [0.5, 0.6) is 0 Å². The number of ether oxygens (including phenoxy) is 1. The van der Waals surface area contributed by atoms with Crippen LogP contribution in [-0.2, 0) is 16.1 Å². The summed E-state index contributed by atoms with van der Waals surface area (Å²) in [5.41, 5.74) is 1.01. The molecule has 7 nitrogen and oxygen atoms in total. The number of rotatable bonds is 8. The van der Waals surface area contributed by atoms with E-state index in [1.807, 2.05) is 18.3 Å². The van der Waals surface area contributed by atoms with Crippen molar-refractivity contribution in [1.82, 2.24) is 20.5 Å². The highest BCUT2D eigenvalue weighted by Crippen LogP contribution is 2.13. The van der Waals surface area contributed by atoms with Gasteiger partial charge in [0.1, 0.15) is 5.82 Å². The molecular formula is C16H30Cl3N5O2. The Morgan fingerprint density at radius 3 is 2.46 bits per heavy atom. The number of piperazine rings is 1. The molecule has 1 aliphatic rings. The fourth-order valence-corrected chi connectivity index (χ4v) is 2.38. The number of pyridine rings is 1. The number of halogens is 3. The second kappa shape index (κ2) is 15.2. The third kappa shape index (κ3) is 9.75.